The van der Waals surface area contributed by atoms with Gasteiger partial charge in [0.05, 0.1) is 0 Å². The molecule has 1 atom stereocenters. The molecule has 1 heterocycles. The molecule has 0 aromatic heterocycles. The Morgan fingerprint density at radius 2 is 1.94 bits per heavy atom. The number of hydrogen-bond donors (Lipinski definition) is 2. The summed E-state index contributed by atoms with van der Waals surface area (Å²) in [5.74, 6) is 0.750. The SMILES string of the molecule is CCCC(C)(C)CNCC(C)CN1CCNCC1. The molecule has 108 valence electrons. The Bertz CT molecular complexity index is 210. The number of rotatable bonds is 8. The summed E-state index contributed by atoms with van der Waals surface area (Å²) in [5, 5.41) is 7.07. The minimum Gasteiger partial charge on any atom is -0.316 e. The van der Waals surface area contributed by atoms with Crippen molar-refractivity contribution in [3.63, 3.8) is 0 Å². The van der Waals surface area contributed by atoms with Crippen LogP contribution in [0.15, 0.2) is 0 Å². The lowest BCUT2D eigenvalue weighted by Crippen LogP contribution is -2.46. The summed E-state index contributed by atoms with van der Waals surface area (Å²) < 4.78 is 0. The average molecular weight is 255 g/mol. The third-order valence-electron chi connectivity index (χ3n) is 3.80. The second-order valence-electron chi connectivity index (χ2n) is 6.70. The van der Waals surface area contributed by atoms with Crippen LogP contribution in [0.3, 0.4) is 0 Å². The monoisotopic (exact) mass is 255 g/mol. The van der Waals surface area contributed by atoms with E-state index in [1.54, 1.807) is 0 Å². The Balaban J connectivity index is 2.10. The fourth-order valence-electron chi connectivity index (χ4n) is 2.82. The van der Waals surface area contributed by atoms with Gasteiger partial charge in [-0.1, -0.05) is 34.1 Å². The minimum atomic E-state index is 0.448. The van der Waals surface area contributed by atoms with E-state index in [-0.39, 0.29) is 0 Å². The van der Waals surface area contributed by atoms with Crippen LogP contribution in [0.1, 0.15) is 40.5 Å². The Kier molecular flexibility index (Phi) is 7.20. The molecule has 1 aliphatic heterocycles. The Labute approximate surface area is 114 Å². The molecule has 18 heavy (non-hydrogen) atoms. The van der Waals surface area contributed by atoms with Crippen LogP contribution in [0.5, 0.6) is 0 Å². The predicted octanol–water partition coefficient (Wildman–Crippen LogP) is 1.94. The molecule has 0 bridgehead atoms. The topological polar surface area (TPSA) is 27.3 Å². The molecule has 1 rings (SSSR count). The van der Waals surface area contributed by atoms with Crippen molar-refractivity contribution in [3.05, 3.63) is 0 Å². The van der Waals surface area contributed by atoms with Crippen LogP contribution in [-0.4, -0.2) is 50.7 Å². The summed E-state index contributed by atoms with van der Waals surface area (Å²) in [5.41, 5.74) is 0.448. The van der Waals surface area contributed by atoms with Gasteiger partial charge in [0.15, 0.2) is 0 Å². The first-order valence-corrected chi connectivity index (χ1v) is 7.67. The van der Waals surface area contributed by atoms with Gasteiger partial charge in [-0.05, 0) is 24.3 Å². The maximum atomic E-state index is 3.66. The van der Waals surface area contributed by atoms with Crippen LogP contribution in [0.2, 0.25) is 0 Å². The highest BCUT2D eigenvalue weighted by atomic mass is 15.2. The molecule has 3 nitrogen and oxygen atoms in total. The van der Waals surface area contributed by atoms with Gasteiger partial charge < -0.3 is 15.5 Å². The molecule has 0 aliphatic carbocycles. The van der Waals surface area contributed by atoms with Gasteiger partial charge in [0, 0.05) is 39.3 Å². The van der Waals surface area contributed by atoms with Crippen molar-refractivity contribution in [3.8, 4) is 0 Å². The fraction of sp³-hybridized carbons (Fsp3) is 1.00. The molecule has 0 spiro atoms. The highest BCUT2D eigenvalue weighted by Gasteiger charge is 2.17. The van der Waals surface area contributed by atoms with Gasteiger partial charge in [0.25, 0.3) is 0 Å². The smallest absolute Gasteiger partial charge is 0.0107 e. The molecule has 1 saturated heterocycles. The lowest BCUT2D eigenvalue weighted by atomic mass is 9.88. The first kappa shape index (κ1) is 15.9. The van der Waals surface area contributed by atoms with E-state index in [1.165, 1.54) is 32.5 Å². The van der Waals surface area contributed by atoms with E-state index >= 15 is 0 Å². The van der Waals surface area contributed by atoms with Crippen LogP contribution in [0.4, 0.5) is 0 Å². The fourth-order valence-corrected chi connectivity index (χ4v) is 2.82. The quantitative estimate of drug-likeness (QED) is 0.694. The van der Waals surface area contributed by atoms with Crippen molar-refractivity contribution in [1.82, 2.24) is 15.5 Å². The Morgan fingerprint density at radius 3 is 2.56 bits per heavy atom. The molecule has 0 radical (unpaired) electrons. The van der Waals surface area contributed by atoms with Gasteiger partial charge in [0.2, 0.25) is 0 Å². The zero-order valence-corrected chi connectivity index (χ0v) is 12.9. The van der Waals surface area contributed by atoms with Crippen molar-refractivity contribution in [2.75, 3.05) is 45.8 Å². The van der Waals surface area contributed by atoms with E-state index in [1.807, 2.05) is 0 Å². The first-order chi connectivity index (χ1) is 8.53. The van der Waals surface area contributed by atoms with E-state index in [0.29, 0.717) is 5.41 Å². The normalized spacial score (nSPS) is 20.0. The summed E-state index contributed by atoms with van der Waals surface area (Å²) >= 11 is 0. The molecule has 0 aromatic rings. The third-order valence-corrected chi connectivity index (χ3v) is 3.80. The second-order valence-corrected chi connectivity index (χ2v) is 6.70. The average Bonchev–Trinajstić information content (AvgIpc) is 2.29. The molecule has 1 unspecified atom stereocenters. The summed E-state index contributed by atoms with van der Waals surface area (Å²) in [6, 6.07) is 0. The lowest BCUT2D eigenvalue weighted by Gasteiger charge is -2.30. The Hall–Kier alpha value is -0.120. The summed E-state index contributed by atoms with van der Waals surface area (Å²) in [4.78, 5) is 2.58. The van der Waals surface area contributed by atoms with E-state index in [9.17, 15) is 0 Å². The number of nitrogens with one attached hydrogen (secondary N) is 2. The molecule has 0 aromatic carbocycles. The van der Waals surface area contributed by atoms with Gasteiger partial charge >= 0.3 is 0 Å². The molecule has 2 N–H and O–H groups in total. The molecule has 0 saturated carbocycles. The van der Waals surface area contributed by atoms with Gasteiger partial charge in [-0.2, -0.15) is 0 Å². The van der Waals surface area contributed by atoms with E-state index in [0.717, 1.165) is 32.1 Å². The van der Waals surface area contributed by atoms with Crippen molar-refractivity contribution >= 4 is 0 Å². The van der Waals surface area contributed by atoms with Crippen LogP contribution < -0.4 is 10.6 Å². The maximum absolute atomic E-state index is 3.66. The van der Waals surface area contributed by atoms with E-state index < -0.39 is 0 Å². The van der Waals surface area contributed by atoms with Crippen LogP contribution in [0.25, 0.3) is 0 Å². The van der Waals surface area contributed by atoms with Crippen LogP contribution in [0, 0.1) is 11.3 Å². The molecular formula is C15H33N3. The highest BCUT2D eigenvalue weighted by Crippen LogP contribution is 2.20. The molecule has 1 aliphatic rings. The van der Waals surface area contributed by atoms with E-state index in [2.05, 4.69) is 43.2 Å². The van der Waals surface area contributed by atoms with Gasteiger partial charge in [0.1, 0.15) is 0 Å². The largest absolute Gasteiger partial charge is 0.316 e. The van der Waals surface area contributed by atoms with E-state index in [4.69, 9.17) is 0 Å². The lowest BCUT2D eigenvalue weighted by molar-refractivity contribution is 0.205. The van der Waals surface area contributed by atoms with Crippen molar-refractivity contribution in [2.24, 2.45) is 11.3 Å². The zero-order valence-electron chi connectivity index (χ0n) is 12.9. The van der Waals surface area contributed by atoms with Crippen molar-refractivity contribution < 1.29 is 0 Å². The number of nitrogens with zero attached hydrogens (tertiary/aromatic N) is 1. The van der Waals surface area contributed by atoms with Gasteiger partial charge in [-0.15, -0.1) is 0 Å². The molecular weight excluding hydrogens is 222 g/mol. The molecule has 1 fully saturated rings. The first-order valence-electron chi connectivity index (χ1n) is 7.67. The molecule has 3 heteroatoms. The molecule has 0 amide bonds. The third kappa shape index (κ3) is 6.72. The summed E-state index contributed by atoms with van der Waals surface area (Å²) in [6.07, 6.45) is 2.59. The van der Waals surface area contributed by atoms with Gasteiger partial charge in [-0.3, -0.25) is 0 Å². The number of piperazine rings is 1. The van der Waals surface area contributed by atoms with Gasteiger partial charge in [-0.25, -0.2) is 0 Å². The second kappa shape index (κ2) is 8.13. The summed E-state index contributed by atoms with van der Waals surface area (Å²) in [7, 11) is 0. The number of hydrogen-bond acceptors (Lipinski definition) is 3. The Morgan fingerprint density at radius 1 is 1.28 bits per heavy atom. The van der Waals surface area contributed by atoms with Crippen molar-refractivity contribution in [2.45, 2.75) is 40.5 Å². The maximum Gasteiger partial charge on any atom is 0.0107 e. The minimum absolute atomic E-state index is 0.448. The van der Waals surface area contributed by atoms with Crippen LogP contribution in [-0.2, 0) is 0 Å². The highest BCUT2D eigenvalue weighted by molar-refractivity contribution is 4.74. The van der Waals surface area contributed by atoms with Crippen molar-refractivity contribution in [1.29, 1.82) is 0 Å². The summed E-state index contributed by atoms with van der Waals surface area (Å²) in [6.45, 7) is 17.6. The van der Waals surface area contributed by atoms with Crippen LogP contribution >= 0.6 is 0 Å². The standard InChI is InChI=1S/C15H33N3/c1-5-6-15(3,4)13-17-11-14(2)12-18-9-7-16-8-10-18/h14,16-17H,5-13H2,1-4H3. The predicted molar refractivity (Wildman–Crippen MR) is 80.0 cm³/mol. The zero-order chi connectivity index (χ0) is 13.4.